The molecule has 2 rings (SSSR count). The average molecular weight is 371 g/mol. The first-order valence-electron chi connectivity index (χ1n) is 6.80. The Morgan fingerprint density at radius 3 is 2.42 bits per heavy atom. The van der Waals surface area contributed by atoms with Crippen LogP contribution in [-0.4, -0.2) is 18.0 Å². The first-order chi connectivity index (χ1) is 11.3. The quantitative estimate of drug-likeness (QED) is 0.631. The molecule has 2 aromatic rings. The number of ether oxygens (including phenoxy) is 1. The summed E-state index contributed by atoms with van der Waals surface area (Å²) in [5.41, 5.74) is 5.66. The van der Waals surface area contributed by atoms with Crippen molar-refractivity contribution in [3.63, 3.8) is 0 Å². The van der Waals surface area contributed by atoms with Gasteiger partial charge in [0.05, 0.1) is 21.3 Å². The van der Waals surface area contributed by atoms with E-state index in [2.05, 4.69) is 5.32 Å². The number of nitrogen functional groups attached to an aromatic ring is 1. The molecule has 0 aromatic heterocycles. The number of esters is 1. The van der Waals surface area contributed by atoms with Crippen molar-refractivity contribution in [1.82, 2.24) is 0 Å². The molecule has 3 N–H and O–H groups in total. The van der Waals surface area contributed by atoms with Gasteiger partial charge >= 0.3 is 5.97 Å². The minimum absolute atomic E-state index is 0.0353. The number of halogens is 3. The molecule has 5 nitrogen and oxygen atoms in total. The van der Waals surface area contributed by atoms with Crippen molar-refractivity contribution in [1.29, 1.82) is 0 Å². The lowest BCUT2D eigenvalue weighted by molar-refractivity contribution is -0.123. The summed E-state index contributed by atoms with van der Waals surface area (Å²) in [6.07, 6.45) is -1.14. The second-order valence-electron chi connectivity index (χ2n) is 4.87. The summed E-state index contributed by atoms with van der Waals surface area (Å²) in [5.74, 6) is -2.05. The van der Waals surface area contributed by atoms with Crippen molar-refractivity contribution in [3.05, 3.63) is 57.8 Å². The molecule has 24 heavy (non-hydrogen) atoms. The van der Waals surface area contributed by atoms with Crippen LogP contribution in [0.2, 0.25) is 10.0 Å². The van der Waals surface area contributed by atoms with E-state index < -0.39 is 23.8 Å². The summed E-state index contributed by atoms with van der Waals surface area (Å²) in [6, 6.07) is 7.98. The van der Waals surface area contributed by atoms with E-state index in [-0.39, 0.29) is 27.0 Å². The van der Waals surface area contributed by atoms with Gasteiger partial charge in [-0.1, -0.05) is 29.3 Å². The summed E-state index contributed by atoms with van der Waals surface area (Å²) in [7, 11) is 0. The summed E-state index contributed by atoms with van der Waals surface area (Å²) in [6.45, 7) is 1.37. The highest BCUT2D eigenvalue weighted by Gasteiger charge is 2.22. The highest BCUT2D eigenvalue weighted by Crippen LogP contribution is 2.30. The van der Waals surface area contributed by atoms with Gasteiger partial charge in [0.15, 0.2) is 6.10 Å². The molecule has 0 heterocycles. The lowest BCUT2D eigenvalue weighted by Crippen LogP contribution is -2.30. The predicted octanol–water partition coefficient (Wildman–Crippen LogP) is 3.90. The maximum absolute atomic E-state index is 13.0. The van der Waals surface area contributed by atoms with E-state index in [0.29, 0.717) is 0 Å². The van der Waals surface area contributed by atoms with E-state index in [1.54, 1.807) is 18.2 Å². The summed E-state index contributed by atoms with van der Waals surface area (Å²) < 4.78 is 18.0. The Labute approximate surface area is 147 Å². The molecule has 2 aromatic carbocycles. The fourth-order valence-electron chi connectivity index (χ4n) is 1.84. The molecule has 8 heteroatoms. The van der Waals surface area contributed by atoms with Gasteiger partial charge in [0.25, 0.3) is 5.91 Å². The van der Waals surface area contributed by atoms with Crippen molar-refractivity contribution in [3.8, 4) is 0 Å². The Balaban J connectivity index is 2.07. The molecule has 0 aliphatic carbocycles. The fraction of sp³-hybridized carbons (Fsp3) is 0.125. The van der Waals surface area contributed by atoms with Crippen LogP contribution in [0, 0.1) is 5.82 Å². The molecule has 0 aliphatic rings. The minimum atomic E-state index is -1.14. The van der Waals surface area contributed by atoms with Gasteiger partial charge in [0.1, 0.15) is 5.82 Å². The van der Waals surface area contributed by atoms with Gasteiger partial charge in [-0.05, 0) is 37.3 Å². The van der Waals surface area contributed by atoms with Crippen molar-refractivity contribution >= 4 is 46.5 Å². The van der Waals surface area contributed by atoms with Crippen LogP contribution in [-0.2, 0) is 9.53 Å². The molecule has 1 atom stereocenters. The molecular formula is C16H13Cl2FN2O3. The monoisotopic (exact) mass is 370 g/mol. The van der Waals surface area contributed by atoms with E-state index in [9.17, 15) is 14.0 Å². The molecule has 0 bridgehead atoms. The van der Waals surface area contributed by atoms with Crippen LogP contribution in [0.3, 0.4) is 0 Å². The Hall–Kier alpha value is -2.31. The van der Waals surface area contributed by atoms with Crippen molar-refractivity contribution in [2.45, 2.75) is 13.0 Å². The molecule has 0 unspecified atom stereocenters. The van der Waals surface area contributed by atoms with Crippen LogP contribution < -0.4 is 11.1 Å². The number of hydrogen-bond donors (Lipinski definition) is 2. The zero-order chi connectivity index (χ0) is 17.9. The Morgan fingerprint density at radius 1 is 1.21 bits per heavy atom. The van der Waals surface area contributed by atoms with Gasteiger partial charge in [-0.3, -0.25) is 4.79 Å². The van der Waals surface area contributed by atoms with Crippen LogP contribution >= 0.6 is 23.2 Å². The zero-order valence-corrected chi connectivity index (χ0v) is 14.0. The van der Waals surface area contributed by atoms with Gasteiger partial charge in [-0.15, -0.1) is 0 Å². The molecule has 0 saturated heterocycles. The molecule has 0 aliphatic heterocycles. The van der Waals surface area contributed by atoms with Gasteiger partial charge in [0, 0.05) is 5.69 Å². The molecule has 126 valence electrons. The largest absolute Gasteiger partial charge is 0.449 e. The number of benzene rings is 2. The maximum atomic E-state index is 13.0. The lowest BCUT2D eigenvalue weighted by Gasteiger charge is -2.15. The van der Waals surface area contributed by atoms with E-state index in [0.717, 1.165) is 12.1 Å². The predicted molar refractivity (Wildman–Crippen MR) is 90.8 cm³/mol. The number of nitrogens with one attached hydrogen (secondary N) is 1. The summed E-state index contributed by atoms with van der Waals surface area (Å²) >= 11 is 11.9. The smallest absolute Gasteiger partial charge is 0.341 e. The van der Waals surface area contributed by atoms with Crippen LogP contribution in [0.15, 0.2) is 36.4 Å². The number of hydrogen-bond acceptors (Lipinski definition) is 4. The zero-order valence-electron chi connectivity index (χ0n) is 12.5. The molecular weight excluding hydrogens is 358 g/mol. The third-order valence-electron chi connectivity index (χ3n) is 3.10. The number of nitrogens with two attached hydrogens (primary N) is 1. The van der Waals surface area contributed by atoms with Crippen LogP contribution in [0.5, 0.6) is 0 Å². The Morgan fingerprint density at radius 2 is 1.83 bits per heavy atom. The highest BCUT2D eigenvalue weighted by atomic mass is 35.5. The minimum Gasteiger partial charge on any atom is -0.449 e. The number of carbonyl (C=O) groups is 2. The standard InChI is InChI=1S/C16H13Cl2FN2O3/c1-8(15(22)21-14-11(17)3-2-4-12(14)18)24-16(23)10-6-5-9(19)7-13(10)20/h2-8H,20H2,1H3,(H,21,22)/t8-/m0/s1. The highest BCUT2D eigenvalue weighted by molar-refractivity contribution is 6.39. The van der Waals surface area contributed by atoms with Gasteiger partial charge in [-0.2, -0.15) is 0 Å². The number of para-hydroxylation sites is 1. The second kappa shape index (κ2) is 7.51. The Bertz CT molecular complexity index is 779. The third-order valence-corrected chi connectivity index (χ3v) is 3.73. The maximum Gasteiger partial charge on any atom is 0.341 e. The molecule has 0 fully saturated rings. The molecule has 0 radical (unpaired) electrons. The van der Waals surface area contributed by atoms with Gasteiger partial charge in [-0.25, -0.2) is 9.18 Å². The first-order valence-corrected chi connectivity index (χ1v) is 7.56. The normalized spacial score (nSPS) is 11.7. The third kappa shape index (κ3) is 4.15. The van der Waals surface area contributed by atoms with Crippen molar-refractivity contribution in [2.75, 3.05) is 11.1 Å². The number of amides is 1. The molecule has 0 saturated carbocycles. The Kier molecular flexibility index (Phi) is 5.64. The van der Waals surface area contributed by atoms with Crippen LogP contribution in [0.25, 0.3) is 0 Å². The van der Waals surface area contributed by atoms with Crippen molar-refractivity contribution in [2.24, 2.45) is 0 Å². The SMILES string of the molecule is C[C@H](OC(=O)c1ccc(F)cc1N)C(=O)Nc1c(Cl)cccc1Cl. The number of rotatable bonds is 4. The molecule has 0 spiro atoms. The van der Waals surface area contributed by atoms with E-state index in [4.69, 9.17) is 33.7 Å². The summed E-state index contributed by atoms with van der Waals surface area (Å²) in [4.78, 5) is 24.1. The van der Waals surface area contributed by atoms with Crippen LogP contribution in [0.1, 0.15) is 17.3 Å². The van der Waals surface area contributed by atoms with Crippen molar-refractivity contribution < 1.29 is 18.7 Å². The van der Waals surface area contributed by atoms with E-state index in [1.165, 1.54) is 13.0 Å². The van der Waals surface area contributed by atoms with Gasteiger partial charge in [0.2, 0.25) is 0 Å². The van der Waals surface area contributed by atoms with E-state index >= 15 is 0 Å². The number of carbonyl (C=O) groups excluding carboxylic acids is 2. The topological polar surface area (TPSA) is 81.4 Å². The number of anilines is 2. The van der Waals surface area contributed by atoms with Gasteiger partial charge < -0.3 is 15.8 Å². The van der Waals surface area contributed by atoms with Crippen LogP contribution in [0.4, 0.5) is 15.8 Å². The lowest BCUT2D eigenvalue weighted by atomic mass is 10.2. The summed E-state index contributed by atoms with van der Waals surface area (Å²) in [5, 5.41) is 2.98. The second-order valence-corrected chi connectivity index (χ2v) is 5.68. The molecule has 1 amide bonds. The fourth-order valence-corrected chi connectivity index (χ4v) is 2.33. The average Bonchev–Trinajstić information content (AvgIpc) is 2.50. The first kappa shape index (κ1) is 18.0. The van der Waals surface area contributed by atoms with E-state index in [1.807, 2.05) is 0 Å².